The minimum Gasteiger partial charge on any atom is -0.378 e. The summed E-state index contributed by atoms with van der Waals surface area (Å²) in [6.45, 7) is 7.29. The van der Waals surface area contributed by atoms with Gasteiger partial charge in [-0.05, 0) is 26.0 Å². The lowest BCUT2D eigenvalue weighted by Crippen LogP contribution is -2.37. The summed E-state index contributed by atoms with van der Waals surface area (Å²) < 4.78 is 5.38. The first-order valence-corrected chi connectivity index (χ1v) is 8.14. The zero-order chi connectivity index (χ0) is 16.9. The van der Waals surface area contributed by atoms with Crippen molar-refractivity contribution in [3.8, 4) is 0 Å². The van der Waals surface area contributed by atoms with Gasteiger partial charge in [-0.2, -0.15) is 0 Å². The fourth-order valence-corrected chi connectivity index (χ4v) is 2.69. The van der Waals surface area contributed by atoms with Gasteiger partial charge < -0.3 is 15.0 Å². The van der Waals surface area contributed by atoms with Crippen molar-refractivity contribution in [1.29, 1.82) is 0 Å². The van der Waals surface area contributed by atoms with E-state index in [9.17, 15) is 4.79 Å². The van der Waals surface area contributed by atoms with Crippen LogP contribution < -0.4 is 10.2 Å². The van der Waals surface area contributed by atoms with E-state index in [1.165, 1.54) is 0 Å². The molecule has 0 atom stereocenters. The Morgan fingerprint density at radius 3 is 2.75 bits per heavy atom. The third-order valence-corrected chi connectivity index (χ3v) is 3.91. The van der Waals surface area contributed by atoms with Gasteiger partial charge in [-0.15, -0.1) is 0 Å². The van der Waals surface area contributed by atoms with Gasteiger partial charge in [-0.25, -0.2) is 9.97 Å². The van der Waals surface area contributed by atoms with Gasteiger partial charge in [0.05, 0.1) is 19.8 Å². The van der Waals surface area contributed by atoms with Gasteiger partial charge in [0.15, 0.2) is 0 Å². The molecule has 1 aliphatic rings. The number of carbonyl (C=O) groups is 1. The Morgan fingerprint density at radius 2 is 2.00 bits per heavy atom. The van der Waals surface area contributed by atoms with Crippen molar-refractivity contribution >= 4 is 11.7 Å². The standard InChI is InChI=1S/C18H22N4O2/c1-13-4-3-5-15(10-13)18(23)19-12-16-20-14(2)11-17(21-16)22-6-8-24-9-7-22/h3-5,10-11H,6-9,12H2,1-2H3,(H,19,23). The molecule has 1 aliphatic heterocycles. The van der Waals surface area contributed by atoms with Crippen LogP contribution in [0.1, 0.15) is 27.4 Å². The number of rotatable bonds is 4. The van der Waals surface area contributed by atoms with Crippen LogP contribution in [-0.2, 0) is 11.3 Å². The average molecular weight is 326 g/mol. The van der Waals surface area contributed by atoms with E-state index in [1.807, 2.05) is 38.1 Å². The summed E-state index contributed by atoms with van der Waals surface area (Å²) in [6, 6.07) is 9.49. The van der Waals surface area contributed by atoms with E-state index in [4.69, 9.17) is 4.74 Å². The molecule has 2 heterocycles. The van der Waals surface area contributed by atoms with Crippen molar-refractivity contribution in [2.45, 2.75) is 20.4 Å². The molecule has 2 aromatic rings. The predicted molar refractivity (Wildman–Crippen MR) is 92.2 cm³/mol. The fourth-order valence-electron chi connectivity index (χ4n) is 2.69. The summed E-state index contributed by atoms with van der Waals surface area (Å²) in [5.41, 5.74) is 2.60. The van der Waals surface area contributed by atoms with Gasteiger partial charge in [0.25, 0.3) is 5.91 Å². The highest BCUT2D eigenvalue weighted by molar-refractivity contribution is 5.94. The highest BCUT2D eigenvalue weighted by Gasteiger charge is 2.14. The normalized spacial score (nSPS) is 14.5. The van der Waals surface area contributed by atoms with E-state index in [2.05, 4.69) is 20.2 Å². The van der Waals surface area contributed by atoms with Crippen molar-refractivity contribution in [1.82, 2.24) is 15.3 Å². The van der Waals surface area contributed by atoms with Crippen molar-refractivity contribution < 1.29 is 9.53 Å². The second kappa shape index (κ2) is 7.40. The largest absolute Gasteiger partial charge is 0.378 e. The number of aryl methyl sites for hydroxylation is 2. The highest BCUT2D eigenvalue weighted by Crippen LogP contribution is 2.14. The Morgan fingerprint density at radius 1 is 1.21 bits per heavy atom. The second-order valence-electron chi connectivity index (χ2n) is 5.94. The number of ether oxygens (including phenoxy) is 1. The second-order valence-corrected chi connectivity index (χ2v) is 5.94. The lowest BCUT2D eigenvalue weighted by Gasteiger charge is -2.28. The first-order valence-electron chi connectivity index (χ1n) is 8.14. The van der Waals surface area contributed by atoms with Gasteiger partial charge in [-0.3, -0.25) is 4.79 Å². The van der Waals surface area contributed by atoms with Crippen LogP contribution in [0.15, 0.2) is 30.3 Å². The van der Waals surface area contributed by atoms with Gasteiger partial charge in [0, 0.05) is 30.4 Å². The molecule has 0 saturated carbocycles. The quantitative estimate of drug-likeness (QED) is 0.929. The number of nitrogens with one attached hydrogen (secondary N) is 1. The minimum atomic E-state index is -0.114. The number of hydrogen-bond acceptors (Lipinski definition) is 5. The molecule has 1 amide bonds. The van der Waals surface area contributed by atoms with Crippen molar-refractivity contribution in [2.24, 2.45) is 0 Å². The lowest BCUT2D eigenvalue weighted by atomic mass is 10.1. The summed E-state index contributed by atoms with van der Waals surface area (Å²) in [5.74, 6) is 1.40. The monoisotopic (exact) mass is 326 g/mol. The van der Waals surface area contributed by atoms with Crippen molar-refractivity contribution in [2.75, 3.05) is 31.2 Å². The maximum atomic E-state index is 12.2. The van der Waals surface area contributed by atoms with E-state index in [1.54, 1.807) is 6.07 Å². The van der Waals surface area contributed by atoms with E-state index in [-0.39, 0.29) is 5.91 Å². The number of nitrogens with zero attached hydrogens (tertiary/aromatic N) is 3. The number of morpholine rings is 1. The van der Waals surface area contributed by atoms with Crippen LogP contribution in [-0.4, -0.2) is 42.2 Å². The Hall–Kier alpha value is -2.47. The molecule has 24 heavy (non-hydrogen) atoms. The molecule has 1 aromatic carbocycles. The molecule has 0 unspecified atom stereocenters. The first-order chi connectivity index (χ1) is 11.6. The van der Waals surface area contributed by atoms with Gasteiger partial charge in [-0.1, -0.05) is 17.7 Å². The molecular formula is C18H22N4O2. The molecule has 3 rings (SSSR count). The van der Waals surface area contributed by atoms with Crippen LogP contribution in [0.25, 0.3) is 0 Å². The third-order valence-electron chi connectivity index (χ3n) is 3.91. The highest BCUT2D eigenvalue weighted by atomic mass is 16.5. The number of amides is 1. The molecular weight excluding hydrogens is 304 g/mol. The fraction of sp³-hybridized carbons (Fsp3) is 0.389. The number of aromatic nitrogens is 2. The molecule has 0 bridgehead atoms. The van der Waals surface area contributed by atoms with Gasteiger partial charge in [0.1, 0.15) is 11.6 Å². The zero-order valence-corrected chi connectivity index (χ0v) is 14.1. The van der Waals surface area contributed by atoms with E-state index >= 15 is 0 Å². The molecule has 6 heteroatoms. The Kier molecular flexibility index (Phi) is 5.05. The minimum absolute atomic E-state index is 0.114. The Bertz CT molecular complexity index is 727. The number of benzene rings is 1. The molecule has 0 spiro atoms. The zero-order valence-electron chi connectivity index (χ0n) is 14.1. The Balaban J connectivity index is 1.68. The summed E-state index contributed by atoms with van der Waals surface area (Å²) >= 11 is 0. The van der Waals surface area contributed by atoms with E-state index in [0.29, 0.717) is 31.1 Å². The molecule has 126 valence electrons. The molecule has 1 fully saturated rings. The summed E-state index contributed by atoms with van der Waals surface area (Å²) in [6.07, 6.45) is 0. The Labute approximate surface area is 141 Å². The molecule has 0 radical (unpaired) electrons. The average Bonchev–Trinajstić information content (AvgIpc) is 2.60. The van der Waals surface area contributed by atoms with Crippen molar-refractivity contribution in [3.05, 3.63) is 53.0 Å². The van der Waals surface area contributed by atoms with Crippen LogP contribution in [0.2, 0.25) is 0 Å². The molecule has 0 aliphatic carbocycles. The molecule has 1 N–H and O–H groups in total. The van der Waals surface area contributed by atoms with Crippen LogP contribution >= 0.6 is 0 Å². The predicted octanol–water partition coefficient (Wildman–Crippen LogP) is 1.86. The summed E-state index contributed by atoms with van der Waals surface area (Å²) in [5, 5.41) is 2.89. The van der Waals surface area contributed by atoms with Gasteiger partial charge in [0.2, 0.25) is 0 Å². The van der Waals surface area contributed by atoms with Crippen LogP contribution in [0.4, 0.5) is 5.82 Å². The van der Waals surface area contributed by atoms with Gasteiger partial charge >= 0.3 is 0 Å². The van der Waals surface area contributed by atoms with Crippen LogP contribution in [0, 0.1) is 13.8 Å². The topological polar surface area (TPSA) is 67.4 Å². The van der Waals surface area contributed by atoms with Crippen molar-refractivity contribution in [3.63, 3.8) is 0 Å². The summed E-state index contributed by atoms with van der Waals surface area (Å²) in [7, 11) is 0. The maximum absolute atomic E-state index is 12.2. The summed E-state index contributed by atoms with van der Waals surface area (Å²) in [4.78, 5) is 23.4. The number of hydrogen-bond donors (Lipinski definition) is 1. The maximum Gasteiger partial charge on any atom is 0.251 e. The van der Waals surface area contributed by atoms with E-state index < -0.39 is 0 Å². The molecule has 1 saturated heterocycles. The number of anilines is 1. The van der Waals surface area contributed by atoms with E-state index in [0.717, 1.165) is 30.2 Å². The van der Waals surface area contributed by atoms with Crippen LogP contribution in [0.5, 0.6) is 0 Å². The lowest BCUT2D eigenvalue weighted by molar-refractivity contribution is 0.0949. The molecule has 1 aromatic heterocycles. The number of carbonyl (C=O) groups excluding carboxylic acids is 1. The first kappa shape index (κ1) is 16.4. The van der Waals surface area contributed by atoms with Crippen LogP contribution in [0.3, 0.4) is 0 Å². The SMILES string of the molecule is Cc1cccc(C(=O)NCc2nc(C)cc(N3CCOCC3)n2)c1. The smallest absolute Gasteiger partial charge is 0.251 e. The third kappa shape index (κ3) is 4.08. The molecule has 6 nitrogen and oxygen atoms in total.